The highest BCUT2D eigenvalue weighted by Crippen LogP contribution is 2.27. The Morgan fingerprint density at radius 3 is 2.17 bits per heavy atom. The van der Waals surface area contributed by atoms with Gasteiger partial charge in [-0.25, -0.2) is 8.42 Å². The van der Waals surface area contributed by atoms with Crippen molar-refractivity contribution in [2.75, 3.05) is 24.4 Å². The first kappa shape index (κ1) is 27.2. The Balaban J connectivity index is 1.98. The zero-order chi connectivity index (χ0) is 26.3. The molecule has 3 aromatic rings. The average molecular weight is 528 g/mol. The van der Waals surface area contributed by atoms with Gasteiger partial charge in [-0.05, 0) is 61.7 Å². The number of halogens is 1. The van der Waals surface area contributed by atoms with Gasteiger partial charge in [-0.3, -0.25) is 13.9 Å². The summed E-state index contributed by atoms with van der Waals surface area (Å²) in [5.74, 6) is -0.817. The molecule has 0 heterocycles. The lowest BCUT2D eigenvalue weighted by Crippen LogP contribution is -2.51. The molecule has 0 saturated heterocycles. The monoisotopic (exact) mass is 527 g/mol. The Morgan fingerprint density at radius 2 is 1.56 bits per heavy atom. The summed E-state index contributed by atoms with van der Waals surface area (Å²) in [6.07, 6.45) is 0.516. The highest BCUT2D eigenvalue weighted by molar-refractivity contribution is 7.92. The van der Waals surface area contributed by atoms with E-state index in [1.165, 1.54) is 36.2 Å². The Labute approximate surface area is 217 Å². The summed E-state index contributed by atoms with van der Waals surface area (Å²) in [6, 6.07) is 21.6. The summed E-state index contributed by atoms with van der Waals surface area (Å²) >= 11 is 5.97. The second-order valence-electron chi connectivity index (χ2n) is 8.37. The number of amides is 2. The van der Waals surface area contributed by atoms with Gasteiger partial charge < -0.3 is 10.2 Å². The summed E-state index contributed by atoms with van der Waals surface area (Å²) < 4.78 is 28.6. The number of carbonyl (C=O) groups is 2. The molecule has 3 rings (SSSR count). The SMILES string of the molecule is CNC(=O)C(C)N(CCc1ccccc1)C(=O)CN(c1ccccc1C)S(=O)(=O)c1ccc(Cl)cc1. The third-order valence-electron chi connectivity index (χ3n) is 5.96. The molecular formula is C27H30ClN3O4S. The van der Waals surface area contributed by atoms with Crippen molar-refractivity contribution >= 4 is 39.1 Å². The van der Waals surface area contributed by atoms with Gasteiger partial charge in [0.1, 0.15) is 12.6 Å². The summed E-state index contributed by atoms with van der Waals surface area (Å²) in [5.41, 5.74) is 2.08. The molecule has 0 fully saturated rings. The number of benzene rings is 3. The fourth-order valence-corrected chi connectivity index (χ4v) is 5.47. The maximum atomic E-state index is 13.7. The standard InChI is InChI=1S/C27H30ClN3O4S/c1-20-9-7-8-12-25(20)31(36(34,35)24-15-13-23(28)14-16-24)19-26(32)30(21(2)27(33)29-3)18-17-22-10-5-4-6-11-22/h4-16,21H,17-19H2,1-3H3,(H,29,33). The van der Waals surface area contributed by atoms with Crippen LogP contribution in [0.2, 0.25) is 5.02 Å². The Bertz CT molecular complexity index is 1300. The number of aryl methyl sites for hydroxylation is 1. The van der Waals surface area contributed by atoms with E-state index >= 15 is 0 Å². The molecule has 1 unspecified atom stereocenters. The van der Waals surface area contributed by atoms with E-state index in [1.54, 1.807) is 38.1 Å². The number of likely N-dealkylation sites (N-methyl/N-ethyl adjacent to an activating group) is 1. The van der Waals surface area contributed by atoms with Crippen molar-refractivity contribution in [2.45, 2.75) is 31.2 Å². The molecule has 0 bridgehead atoms. The van der Waals surface area contributed by atoms with Gasteiger partial charge in [-0.15, -0.1) is 0 Å². The van der Waals surface area contributed by atoms with Crippen LogP contribution in [0.1, 0.15) is 18.1 Å². The van der Waals surface area contributed by atoms with Crippen molar-refractivity contribution in [2.24, 2.45) is 0 Å². The van der Waals surface area contributed by atoms with E-state index in [4.69, 9.17) is 11.6 Å². The van der Waals surface area contributed by atoms with Crippen LogP contribution in [0.15, 0.2) is 83.8 Å². The smallest absolute Gasteiger partial charge is 0.264 e. The van der Waals surface area contributed by atoms with Gasteiger partial charge in [0.15, 0.2) is 0 Å². The number of carbonyl (C=O) groups excluding carboxylic acids is 2. The number of nitrogens with one attached hydrogen (secondary N) is 1. The second kappa shape index (κ2) is 12.1. The van der Waals surface area contributed by atoms with Crippen molar-refractivity contribution in [3.05, 3.63) is 95.0 Å². The maximum Gasteiger partial charge on any atom is 0.264 e. The van der Waals surface area contributed by atoms with E-state index in [2.05, 4.69) is 5.32 Å². The van der Waals surface area contributed by atoms with Crippen molar-refractivity contribution in [3.8, 4) is 0 Å². The highest BCUT2D eigenvalue weighted by Gasteiger charge is 2.32. The molecule has 3 aromatic carbocycles. The third-order valence-corrected chi connectivity index (χ3v) is 7.99. The number of rotatable bonds is 10. The molecule has 0 aromatic heterocycles. The summed E-state index contributed by atoms with van der Waals surface area (Å²) in [7, 11) is -2.61. The first-order chi connectivity index (χ1) is 17.1. The van der Waals surface area contributed by atoms with Gasteiger partial charge in [0, 0.05) is 18.6 Å². The quantitative estimate of drug-likeness (QED) is 0.431. The molecule has 0 spiro atoms. The van der Waals surface area contributed by atoms with Crippen LogP contribution in [0.5, 0.6) is 0 Å². The molecular weight excluding hydrogens is 498 g/mol. The van der Waals surface area contributed by atoms with Gasteiger partial charge in [-0.2, -0.15) is 0 Å². The highest BCUT2D eigenvalue weighted by atomic mass is 35.5. The number of para-hydroxylation sites is 1. The minimum atomic E-state index is -4.11. The molecule has 9 heteroatoms. The fourth-order valence-electron chi connectivity index (χ4n) is 3.87. The van der Waals surface area contributed by atoms with E-state index < -0.39 is 28.5 Å². The average Bonchev–Trinajstić information content (AvgIpc) is 2.88. The first-order valence-electron chi connectivity index (χ1n) is 11.5. The topological polar surface area (TPSA) is 86.8 Å². The Hall–Kier alpha value is -3.36. The van der Waals surface area contributed by atoms with Gasteiger partial charge in [0.05, 0.1) is 10.6 Å². The largest absolute Gasteiger partial charge is 0.357 e. The molecule has 0 saturated carbocycles. The van der Waals surface area contributed by atoms with Crippen molar-refractivity contribution in [1.29, 1.82) is 0 Å². The molecule has 190 valence electrons. The lowest BCUT2D eigenvalue weighted by molar-refractivity contribution is -0.138. The summed E-state index contributed by atoms with van der Waals surface area (Å²) in [6.45, 7) is 3.20. The van der Waals surface area contributed by atoms with E-state index in [9.17, 15) is 18.0 Å². The van der Waals surface area contributed by atoms with Crippen LogP contribution < -0.4 is 9.62 Å². The predicted molar refractivity (Wildman–Crippen MR) is 143 cm³/mol. The molecule has 0 aliphatic heterocycles. The number of hydrogen-bond donors (Lipinski definition) is 1. The van der Waals surface area contributed by atoms with E-state index in [0.29, 0.717) is 22.7 Å². The van der Waals surface area contributed by atoms with Crippen LogP contribution in [0, 0.1) is 6.92 Å². The van der Waals surface area contributed by atoms with E-state index in [1.807, 2.05) is 30.3 Å². The van der Waals surface area contributed by atoms with E-state index in [-0.39, 0.29) is 17.3 Å². The molecule has 1 atom stereocenters. The summed E-state index contributed by atoms with van der Waals surface area (Å²) in [4.78, 5) is 27.6. The number of hydrogen-bond acceptors (Lipinski definition) is 4. The van der Waals surface area contributed by atoms with Crippen LogP contribution in [-0.4, -0.2) is 51.3 Å². The molecule has 0 aliphatic rings. The third kappa shape index (κ3) is 6.44. The second-order valence-corrected chi connectivity index (χ2v) is 10.7. The number of sulfonamides is 1. The van der Waals surface area contributed by atoms with Crippen LogP contribution in [0.3, 0.4) is 0 Å². The van der Waals surface area contributed by atoms with Gasteiger partial charge >= 0.3 is 0 Å². The van der Waals surface area contributed by atoms with Crippen LogP contribution >= 0.6 is 11.6 Å². The van der Waals surface area contributed by atoms with Crippen LogP contribution in [0.25, 0.3) is 0 Å². The Morgan fingerprint density at radius 1 is 0.944 bits per heavy atom. The lowest BCUT2D eigenvalue weighted by Gasteiger charge is -2.32. The molecule has 0 radical (unpaired) electrons. The number of anilines is 1. The molecule has 1 N–H and O–H groups in total. The molecule has 2 amide bonds. The van der Waals surface area contributed by atoms with Crippen molar-refractivity contribution in [3.63, 3.8) is 0 Å². The van der Waals surface area contributed by atoms with Crippen molar-refractivity contribution < 1.29 is 18.0 Å². The zero-order valence-corrected chi connectivity index (χ0v) is 22.1. The fraction of sp³-hybridized carbons (Fsp3) is 0.259. The summed E-state index contributed by atoms with van der Waals surface area (Å²) in [5, 5.41) is 2.98. The lowest BCUT2D eigenvalue weighted by atomic mass is 10.1. The van der Waals surface area contributed by atoms with Gasteiger partial charge in [-0.1, -0.05) is 60.1 Å². The molecule has 0 aliphatic carbocycles. The number of nitrogens with zero attached hydrogens (tertiary/aromatic N) is 2. The minimum absolute atomic E-state index is 0.0122. The molecule has 36 heavy (non-hydrogen) atoms. The zero-order valence-electron chi connectivity index (χ0n) is 20.5. The maximum absolute atomic E-state index is 13.7. The molecule has 7 nitrogen and oxygen atoms in total. The van der Waals surface area contributed by atoms with Gasteiger partial charge in [0.25, 0.3) is 10.0 Å². The van der Waals surface area contributed by atoms with Crippen molar-refractivity contribution in [1.82, 2.24) is 10.2 Å². The van der Waals surface area contributed by atoms with E-state index in [0.717, 1.165) is 9.87 Å². The Kier molecular flexibility index (Phi) is 9.12. The minimum Gasteiger partial charge on any atom is -0.357 e. The predicted octanol–water partition coefficient (Wildman–Crippen LogP) is 4.05. The van der Waals surface area contributed by atoms with Gasteiger partial charge in [0.2, 0.25) is 11.8 Å². The van der Waals surface area contributed by atoms with Crippen LogP contribution in [0.4, 0.5) is 5.69 Å². The normalized spacial score (nSPS) is 12.0. The van der Waals surface area contributed by atoms with Crippen LogP contribution in [-0.2, 0) is 26.0 Å². The first-order valence-corrected chi connectivity index (χ1v) is 13.4.